The summed E-state index contributed by atoms with van der Waals surface area (Å²) in [7, 11) is 0. The summed E-state index contributed by atoms with van der Waals surface area (Å²) >= 11 is 0. The van der Waals surface area contributed by atoms with Gasteiger partial charge in [-0.05, 0) is 38.6 Å². The number of carbonyl (C=O) groups excluding carboxylic acids is 1. The first-order chi connectivity index (χ1) is 10.1. The van der Waals surface area contributed by atoms with Gasteiger partial charge in [-0.25, -0.2) is 0 Å². The van der Waals surface area contributed by atoms with Crippen LogP contribution in [-0.4, -0.2) is 47.0 Å². The van der Waals surface area contributed by atoms with E-state index in [1.165, 1.54) is 12.0 Å². The number of piperidine rings is 1. The van der Waals surface area contributed by atoms with Crippen molar-refractivity contribution in [3.8, 4) is 0 Å². The lowest BCUT2D eigenvalue weighted by Crippen LogP contribution is -2.39. The van der Waals surface area contributed by atoms with Gasteiger partial charge in [-0.2, -0.15) is 0 Å². The molecule has 5 heteroatoms. The molecule has 3 rings (SSSR count). The molecule has 3 heterocycles. The van der Waals surface area contributed by atoms with Gasteiger partial charge in [-0.15, -0.1) is 0 Å². The number of aromatic nitrogens is 1. The number of fused-ring (bicyclic) bond motifs is 1. The number of aryl methyl sites for hydroxylation is 2. The first-order valence-electron chi connectivity index (χ1n) is 8.00. The van der Waals surface area contributed by atoms with Crippen LogP contribution in [0.4, 0.5) is 0 Å². The highest BCUT2D eigenvalue weighted by atomic mass is 16.5. The van der Waals surface area contributed by atoms with Crippen molar-refractivity contribution in [1.29, 1.82) is 0 Å². The molecule has 1 aromatic heterocycles. The van der Waals surface area contributed by atoms with E-state index in [4.69, 9.17) is 4.52 Å². The van der Waals surface area contributed by atoms with E-state index in [1.807, 2.05) is 20.8 Å². The lowest BCUT2D eigenvalue weighted by Gasteiger charge is -2.34. The molecule has 2 fully saturated rings. The predicted octanol–water partition coefficient (Wildman–Crippen LogP) is 1.98. The van der Waals surface area contributed by atoms with E-state index in [0.717, 1.165) is 44.2 Å². The quantitative estimate of drug-likeness (QED) is 0.854. The summed E-state index contributed by atoms with van der Waals surface area (Å²) < 4.78 is 5.26. The van der Waals surface area contributed by atoms with Crippen LogP contribution in [0.1, 0.15) is 36.8 Å². The van der Waals surface area contributed by atoms with Crippen molar-refractivity contribution in [2.75, 3.05) is 26.2 Å². The van der Waals surface area contributed by atoms with Gasteiger partial charge < -0.3 is 9.42 Å². The van der Waals surface area contributed by atoms with Gasteiger partial charge >= 0.3 is 0 Å². The van der Waals surface area contributed by atoms with Gasteiger partial charge in [-0.1, -0.05) is 12.1 Å². The van der Waals surface area contributed by atoms with E-state index >= 15 is 0 Å². The third-order valence-electron chi connectivity index (χ3n) is 5.10. The van der Waals surface area contributed by atoms with E-state index in [2.05, 4.69) is 15.0 Å². The summed E-state index contributed by atoms with van der Waals surface area (Å²) in [5.41, 5.74) is 2.23. The molecular formula is C16H25N3O2. The Kier molecular flexibility index (Phi) is 4.02. The van der Waals surface area contributed by atoms with Gasteiger partial charge in [-0.3, -0.25) is 9.69 Å². The number of amides is 1. The maximum Gasteiger partial charge on any atom is 0.222 e. The second-order valence-corrected chi connectivity index (χ2v) is 6.50. The fourth-order valence-corrected chi connectivity index (χ4v) is 3.77. The molecule has 0 radical (unpaired) electrons. The van der Waals surface area contributed by atoms with Crippen LogP contribution >= 0.6 is 0 Å². The van der Waals surface area contributed by atoms with E-state index in [9.17, 15) is 4.79 Å². The molecule has 5 nitrogen and oxygen atoms in total. The molecule has 21 heavy (non-hydrogen) atoms. The molecule has 0 aromatic carbocycles. The summed E-state index contributed by atoms with van der Waals surface area (Å²) in [6.45, 7) is 11.0. The minimum atomic E-state index is 0.307. The molecule has 0 saturated carbocycles. The summed E-state index contributed by atoms with van der Waals surface area (Å²) in [5, 5.41) is 4.04. The van der Waals surface area contributed by atoms with Gasteiger partial charge in [0.15, 0.2) is 0 Å². The fourth-order valence-electron chi connectivity index (χ4n) is 3.77. The SMILES string of the molecule is CCC(=O)N1C[C@@H]2CCN(Cc3c(C)noc3C)C[C@H]2C1. The number of hydrogen-bond acceptors (Lipinski definition) is 4. The second kappa shape index (κ2) is 5.79. The van der Waals surface area contributed by atoms with Crippen LogP contribution in [0.5, 0.6) is 0 Å². The highest BCUT2D eigenvalue weighted by molar-refractivity contribution is 5.76. The Hall–Kier alpha value is -1.36. The summed E-state index contributed by atoms with van der Waals surface area (Å²) in [6.07, 6.45) is 1.82. The van der Waals surface area contributed by atoms with Gasteiger partial charge in [0.2, 0.25) is 5.91 Å². The average molecular weight is 291 g/mol. The highest BCUT2D eigenvalue weighted by Gasteiger charge is 2.38. The van der Waals surface area contributed by atoms with E-state index in [0.29, 0.717) is 24.2 Å². The van der Waals surface area contributed by atoms with Gasteiger partial charge in [0.25, 0.3) is 0 Å². The summed E-state index contributed by atoms with van der Waals surface area (Å²) in [5.74, 6) is 2.57. The van der Waals surface area contributed by atoms with Crippen molar-refractivity contribution < 1.29 is 9.32 Å². The van der Waals surface area contributed by atoms with E-state index in [-0.39, 0.29) is 0 Å². The Labute approximate surface area is 126 Å². The molecule has 0 unspecified atom stereocenters. The number of carbonyl (C=O) groups is 1. The van der Waals surface area contributed by atoms with E-state index in [1.54, 1.807) is 0 Å². The Morgan fingerprint density at radius 2 is 2.05 bits per heavy atom. The predicted molar refractivity (Wildman–Crippen MR) is 79.7 cm³/mol. The van der Waals surface area contributed by atoms with Crippen LogP contribution in [0, 0.1) is 25.7 Å². The van der Waals surface area contributed by atoms with Crippen LogP contribution in [0.3, 0.4) is 0 Å². The van der Waals surface area contributed by atoms with Crippen LogP contribution in [0.15, 0.2) is 4.52 Å². The molecule has 0 spiro atoms. The largest absolute Gasteiger partial charge is 0.361 e. The normalized spacial score (nSPS) is 26.1. The third kappa shape index (κ3) is 2.84. The van der Waals surface area contributed by atoms with Crippen molar-refractivity contribution in [2.45, 2.75) is 40.2 Å². The summed E-state index contributed by atoms with van der Waals surface area (Å²) in [4.78, 5) is 16.4. The monoisotopic (exact) mass is 291 g/mol. The summed E-state index contributed by atoms with van der Waals surface area (Å²) in [6, 6.07) is 0. The maximum atomic E-state index is 11.9. The number of hydrogen-bond donors (Lipinski definition) is 0. The first kappa shape index (κ1) is 14.6. The first-order valence-corrected chi connectivity index (χ1v) is 8.00. The fraction of sp³-hybridized carbons (Fsp3) is 0.750. The number of likely N-dealkylation sites (tertiary alicyclic amines) is 2. The van der Waals surface area contributed by atoms with Gasteiger partial charge in [0.1, 0.15) is 5.76 Å². The van der Waals surface area contributed by atoms with Crippen LogP contribution in [0.2, 0.25) is 0 Å². The number of nitrogens with zero attached hydrogens (tertiary/aromatic N) is 3. The Morgan fingerprint density at radius 3 is 2.71 bits per heavy atom. The Bertz CT molecular complexity index is 506. The molecule has 2 aliphatic heterocycles. The topological polar surface area (TPSA) is 49.6 Å². The lowest BCUT2D eigenvalue weighted by atomic mass is 9.88. The average Bonchev–Trinajstić information content (AvgIpc) is 3.04. The minimum absolute atomic E-state index is 0.307. The molecule has 116 valence electrons. The Balaban J connectivity index is 1.61. The van der Waals surface area contributed by atoms with E-state index < -0.39 is 0 Å². The van der Waals surface area contributed by atoms with Crippen LogP contribution < -0.4 is 0 Å². The molecule has 1 amide bonds. The molecule has 0 bridgehead atoms. The van der Waals surface area contributed by atoms with Crippen molar-refractivity contribution >= 4 is 5.91 Å². The highest BCUT2D eigenvalue weighted by Crippen LogP contribution is 2.32. The zero-order valence-electron chi connectivity index (χ0n) is 13.3. The Morgan fingerprint density at radius 1 is 1.29 bits per heavy atom. The second-order valence-electron chi connectivity index (χ2n) is 6.50. The molecule has 0 N–H and O–H groups in total. The lowest BCUT2D eigenvalue weighted by molar-refractivity contribution is -0.130. The molecule has 2 saturated heterocycles. The van der Waals surface area contributed by atoms with Crippen molar-refractivity contribution in [2.24, 2.45) is 11.8 Å². The smallest absolute Gasteiger partial charge is 0.222 e. The standard InChI is InChI=1S/C16H25N3O2/c1-4-16(20)19-8-13-5-6-18(7-14(13)9-19)10-15-11(2)17-21-12(15)3/h13-14H,4-10H2,1-3H3/t13-,14-/m0/s1. The van der Waals surface area contributed by atoms with Crippen molar-refractivity contribution in [3.05, 3.63) is 17.0 Å². The zero-order valence-corrected chi connectivity index (χ0v) is 13.3. The van der Waals surface area contributed by atoms with Crippen LogP contribution in [0.25, 0.3) is 0 Å². The molecule has 2 aliphatic rings. The number of rotatable bonds is 3. The third-order valence-corrected chi connectivity index (χ3v) is 5.10. The van der Waals surface area contributed by atoms with Crippen molar-refractivity contribution in [1.82, 2.24) is 15.0 Å². The van der Waals surface area contributed by atoms with Crippen LogP contribution in [-0.2, 0) is 11.3 Å². The van der Waals surface area contributed by atoms with Gasteiger partial charge in [0.05, 0.1) is 5.69 Å². The minimum Gasteiger partial charge on any atom is -0.361 e. The molecule has 1 aromatic rings. The molecule has 2 atom stereocenters. The van der Waals surface area contributed by atoms with Gasteiger partial charge in [0, 0.05) is 38.2 Å². The zero-order chi connectivity index (χ0) is 15.0. The van der Waals surface area contributed by atoms with Crippen molar-refractivity contribution in [3.63, 3.8) is 0 Å². The maximum absolute atomic E-state index is 11.9. The molecular weight excluding hydrogens is 266 g/mol. The molecule has 0 aliphatic carbocycles.